The quantitative estimate of drug-likeness (QED) is 0.702. The van der Waals surface area contributed by atoms with E-state index in [9.17, 15) is 9.59 Å². The topological polar surface area (TPSA) is 67.3 Å². The summed E-state index contributed by atoms with van der Waals surface area (Å²) < 4.78 is 0. The van der Waals surface area contributed by atoms with Crippen molar-refractivity contribution >= 4 is 23.1 Å². The number of aliphatic carboxylic acids is 1. The van der Waals surface area contributed by atoms with Gasteiger partial charge in [-0.25, -0.2) is 9.78 Å². The number of carboxylic acid groups (broad SMARTS) is 1. The summed E-state index contributed by atoms with van der Waals surface area (Å²) >= 11 is 1.42. The Morgan fingerprint density at radius 1 is 1.58 bits per heavy atom. The number of hydrogen-bond donors (Lipinski definition) is 1. The summed E-state index contributed by atoms with van der Waals surface area (Å²) in [6, 6.07) is 0. The maximum absolute atomic E-state index is 10.6. The zero-order chi connectivity index (χ0) is 8.97. The van der Waals surface area contributed by atoms with E-state index in [0.717, 1.165) is 5.01 Å². The Balaban J connectivity index is 2.37. The highest BCUT2D eigenvalue weighted by Crippen LogP contribution is 2.06. The fourth-order valence-corrected chi connectivity index (χ4v) is 1.32. The Kier molecular flexibility index (Phi) is 2.93. The van der Waals surface area contributed by atoms with Crippen LogP contribution < -0.4 is 0 Å². The molecule has 0 atom stereocenters. The smallest absolute Gasteiger partial charge is 0.372 e. The number of hydrogen-bond acceptors (Lipinski definition) is 4. The van der Waals surface area contributed by atoms with Crippen molar-refractivity contribution in [3.05, 3.63) is 16.6 Å². The van der Waals surface area contributed by atoms with Crippen LogP contribution in [0.4, 0.5) is 0 Å². The summed E-state index contributed by atoms with van der Waals surface area (Å²) in [5.41, 5.74) is 0. The zero-order valence-corrected chi connectivity index (χ0v) is 7.00. The van der Waals surface area contributed by atoms with Gasteiger partial charge in [0.1, 0.15) is 0 Å². The fraction of sp³-hybridized carbons (Fsp3) is 0.286. The Morgan fingerprint density at radius 2 is 2.33 bits per heavy atom. The molecule has 0 aliphatic heterocycles. The second-order valence-corrected chi connectivity index (χ2v) is 3.13. The molecule has 0 aliphatic carbocycles. The van der Waals surface area contributed by atoms with Gasteiger partial charge < -0.3 is 5.11 Å². The molecule has 1 aromatic rings. The van der Waals surface area contributed by atoms with E-state index in [1.807, 2.05) is 0 Å². The summed E-state index contributed by atoms with van der Waals surface area (Å²) in [6.07, 6.45) is 2.08. The van der Waals surface area contributed by atoms with Gasteiger partial charge in [-0.05, 0) is 0 Å². The summed E-state index contributed by atoms with van der Waals surface area (Å²) in [5, 5.41) is 10.8. The van der Waals surface area contributed by atoms with Gasteiger partial charge in [0, 0.05) is 24.4 Å². The number of ketones is 1. The average molecular weight is 185 g/mol. The first-order chi connectivity index (χ1) is 5.70. The summed E-state index contributed by atoms with van der Waals surface area (Å²) in [7, 11) is 0. The number of nitrogens with zero attached hydrogens (tertiary/aromatic N) is 1. The number of carbonyl (C=O) groups excluding carboxylic acids is 1. The van der Waals surface area contributed by atoms with Crippen molar-refractivity contribution in [2.45, 2.75) is 12.8 Å². The van der Waals surface area contributed by atoms with Gasteiger partial charge in [-0.1, -0.05) is 0 Å². The zero-order valence-electron chi connectivity index (χ0n) is 6.19. The normalized spacial score (nSPS) is 9.67. The Hall–Kier alpha value is -1.23. The van der Waals surface area contributed by atoms with Crippen molar-refractivity contribution in [2.24, 2.45) is 0 Å². The third kappa shape index (κ3) is 2.43. The van der Waals surface area contributed by atoms with Gasteiger partial charge in [0.15, 0.2) is 0 Å². The number of carboxylic acids is 1. The Labute approximate surface area is 72.9 Å². The molecule has 64 valence electrons. The first kappa shape index (κ1) is 8.86. The van der Waals surface area contributed by atoms with E-state index in [4.69, 9.17) is 5.11 Å². The Morgan fingerprint density at radius 3 is 2.83 bits per heavy atom. The first-order valence-electron chi connectivity index (χ1n) is 3.34. The number of rotatable bonds is 4. The standard InChI is InChI=1S/C7H7NO3S/c9-5(7(10)11)1-2-6-8-3-4-12-6/h3-4H,1-2H2,(H,10,11). The highest BCUT2D eigenvalue weighted by atomic mass is 32.1. The van der Waals surface area contributed by atoms with Crippen LogP contribution in [0.25, 0.3) is 0 Å². The van der Waals surface area contributed by atoms with Crippen LogP contribution in [0.3, 0.4) is 0 Å². The molecule has 0 radical (unpaired) electrons. The number of aryl methyl sites for hydroxylation is 1. The van der Waals surface area contributed by atoms with Crippen molar-refractivity contribution in [3.8, 4) is 0 Å². The molecule has 0 aromatic carbocycles. The molecule has 5 heteroatoms. The Bertz CT molecular complexity index is 281. The summed E-state index contributed by atoms with van der Waals surface area (Å²) in [6.45, 7) is 0. The van der Waals surface area contributed by atoms with E-state index in [1.165, 1.54) is 11.3 Å². The molecule has 0 aliphatic rings. The second-order valence-electron chi connectivity index (χ2n) is 2.15. The van der Waals surface area contributed by atoms with E-state index in [-0.39, 0.29) is 6.42 Å². The minimum Gasteiger partial charge on any atom is -0.476 e. The minimum absolute atomic E-state index is 0.0306. The monoisotopic (exact) mass is 185 g/mol. The van der Waals surface area contributed by atoms with Gasteiger partial charge in [-0.3, -0.25) is 4.79 Å². The maximum atomic E-state index is 10.6. The van der Waals surface area contributed by atoms with Gasteiger partial charge in [0.2, 0.25) is 5.78 Å². The molecule has 0 bridgehead atoms. The van der Waals surface area contributed by atoms with E-state index < -0.39 is 11.8 Å². The largest absolute Gasteiger partial charge is 0.476 e. The summed E-state index contributed by atoms with van der Waals surface area (Å²) in [5.74, 6) is -2.13. The lowest BCUT2D eigenvalue weighted by atomic mass is 10.2. The van der Waals surface area contributed by atoms with Crippen LogP contribution in [-0.2, 0) is 16.0 Å². The number of thiazole rings is 1. The lowest BCUT2D eigenvalue weighted by molar-refractivity contribution is -0.149. The molecular formula is C7H7NO3S. The molecule has 4 nitrogen and oxygen atoms in total. The van der Waals surface area contributed by atoms with E-state index >= 15 is 0 Å². The van der Waals surface area contributed by atoms with Crippen molar-refractivity contribution < 1.29 is 14.7 Å². The van der Waals surface area contributed by atoms with Crippen LogP contribution >= 0.6 is 11.3 Å². The molecule has 0 unspecified atom stereocenters. The molecule has 0 saturated carbocycles. The highest BCUT2D eigenvalue weighted by Gasteiger charge is 2.11. The molecule has 0 amide bonds. The SMILES string of the molecule is O=C(O)C(=O)CCc1nccs1. The van der Waals surface area contributed by atoms with Crippen LogP contribution in [0, 0.1) is 0 Å². The molecule has 1 rings (SSSR count). The summed E-state index contributed by atoms with van der Waals surface area (Å²) in [4.78, 5) is 24.6. The van der Waals surface area contributed by atoms with Crippen LogP contribution in [0.15, 0.2) is 11.6 Å². The second kappa shape index (κ2) is 3.96. The predicted octanol–water partition coefficient (Wildman–Crippen LogP) is 0.729. The van der Waals surface area contributed by atoms with Gasteiger partial charge in [-0.2, -0.15) is 0 Å². The number of Topliss-reactive ketones (excluding diaryl/α,β-unsaturated/α-hetero) is 1. The van der Waals surface area contributed by atoms with Gasteiger partial charge in [0.25, 0.3) is 0 Å². The average Bonchev–Trinajstić information content (AvgIpc) is 2.51. The molecule has 1 N–H and O–H groups in total. The lowest BCUT2D eigenvalue weighted by Crippen LogP contribution is -2.12. The molecular weight excluding hydrogens is 178 g/mol. The molecule has 0 saturated heterocycles. The van der Waals surface area contributed by atoms with Gasteiger partial charge >= 0.3 is 5.97 Å². The van der Waals surface area contributed by atoms with Crippen LogP contribution in [0.5, 0.6) is 0 Å². The van der Waals surface area contributed by atoms with E-state index in [2.05, 4.69) is 4.98 Å². The van der Waals surface area contributed by atoms with E-state index in [1.54, 1.807) is 11.6 Å². The fourth-order valence-electron chi connectivity index (χ4n) is 0.704. The van der Waals surface area contributed by atoms with Crippen molar-refractivity contribution in [1.82, 2.24) is 4.98 Å². The van der Waals surface area contributed by atoms with Crippen LogP contribution in [0.2, 0.25) is 0 Å². The molecule has 0 fully saturated rings. The van der Waals surface area contributed by atoms with E-state index in [0.29, 0.717) is 6.42 Å². The van der Waals surface area contributed by atoms with Gasteiger partial charge in [0.05, 0.1) is 5.01 Å². The third-order valence-electron chi connectivity index (χ3n) is 1.29. The first-order valence-corrected chi connectivity index (χ1v) is 4.22. The molecule has 0 spiro atoms. The molecule has 12 heavy (non-hydrogen) atoms. The van der Waals surface area contributed by atoms with Crippen molar-refractivity contribution in [3.63, 3.8) is 0 Å². The maximum Gasteiger partial charge on any atom is 0.372 e. The predicted molar refractivity (Wildman–Crippen MR) is 43.1 cm³/mol. The minimum atomic E-state index is -1.37. The lowest BCUT2D eigenvalue weighted by Gasteiger charge is -1.91. The molecule has 1 heterocycles. The number of aromatic nitrogens is 1. The molecule has 1 aromatic heterocycles. The van der Waals surface area contributed by atoms with Crippen molar-refractivity contribution in [1.29, 1.82) is 0 Å². The number of carbonyl (C=O) groups is 2. The van der Waals surface area contributed by atoms with Crippen LogP contribution in [-0.4, -0.2) is 21.8 Å². The third-order valence-corrected chi connectivity index (χ3v) is 2.13. The highest BCUT2D eigenvalue weighted by molar-refractivity contribution is 7.09. The van der Waals surface area contributed by atoms with Crippen molar-refractivity contribution in [2.75, 3.05) is 0 Å². The van der Waals surface area contributed by atoms with Crippen LogP contribution in [0.1, 0.15) is 11.4 Å². The van der Waals surface area contributed by atoms with Gasteiger partial charge in [-0.15, -0.1) is 11.3 Å².